The topological polar surface area (TPSA) is 43.9 Å². The third kappa shape index (κ3) is 3.57. The van der Waals surface area contributed by atoms with Gasteiger partial charge in [0.1, 0.15) is 5.82 Å². The van der Waals surface area contributed by atoms with Crippen LogP contribution < -0.4 is 4.90 Å². The number of nitrogens with zero attached hydrogens (tertiary/aromatic N) is 3. The van der Waals surface area contributed by atoms with Crippen LogP contribution >= 0.6 is 0 Å². The number of para-hydroxylation sites is 1. The Hall–Kier alpha value is -2.73. The second-order valence-corrected chi connectivity index (χ2v) is 7.02. The lowest BCUT2D eigenvalue weighted by Gasteiger charge is -2.37. The fourth-order valence-corrected chi connectivity index (χ4v) is 3.82. The standard InChI is InChI=1S/C21H22FN3O2/c22-19-9-5-4-8-17(19)18-14-20(26)25(21(18)27)15-23-10-12-24(13-11-23)16-6-2-1-3-7-16/h1-9,18H,10-15H2. The van der Waals surface area contributed by atoms with Gasteiger partial charge in [-0.1, -0.05) is 36.4 Å². The Balaban J connectivity index is 1.38. The van der Waals surface area contributed by atoms with Crippen molar-refractivity contribution in [3.63, 3.8) is 0 Å². The van der Waals surface area contributed by atoms with Crippen LogP contribution in [0.3, 0.4) is 0 Å². The lowest BCUT2D eigenvalue weighted by molar-refractivity contribution is -0.141. The maximum atomic E-state index is 14.0. The Morgan fingerprint density at radius 2 is 1.56 bits per heavy atom. The first-order valence-corrected chi connectivity index (χ1v) is 9.24. The van der Waals surface area contributed by atoms with Gasteiger partial charge in [-0.15, -0.1) is 0 Å². The molecule has 1 unspecified atom stereocenters. The van der Waals surface area contributed by atoms with Crippen molar-refractivity contribution < 1.29 is 14.0 Å². The first-order valence-electron chi connectivity index (χ1n) is 9.24. The molecule has 0 aliphatic carbocycles. The van der Waals surface area contributed by atoms with Crippen molar-refractivity contribution in [2.24, 2.45) is 0 Å². The molecule has 4 rings (SSSR count). The van der Waals surface area contributed by atoms with Crippen LogP contribution in [0.15, 0.2) is 54.6 Å². The SMILES string of the molecule is O=C1CC(c2ccccc2F)C(=O)N1CN1CCN(c2ccccc2)CC1. The van der Waals surface area contributed by atoms with Crippen LogP contribution in [0, 0.1) is 5.82 Å². The Labute approximate surface area is 158 Å². The maximum absolute atomic E-state index is 14.0. The third-order valence-electron chi connectivity index (χ3n) is 5.36. The predicted molar refractivity (Wildman–Crippen MR) is 101 cm³/mol. The average molecular weight is 367 g/mol. The highest BCUT2D eigenvalue weighted by molar-refractivity contribution is 6.06. The summed E-state index contributed by atoms with van der Waals surface area (Å²) in [4.78, 5) is 30.8. The molecule has 0 N–H and O–H groups in total. The van der Waals surface area contributed by atoms with E-state index in [1.54, 1.807) is 18.2 Å². The number of rotatable bonds is 4. The lowest BCUT2D eigenvalue weighted by atomic mass is 9.97. The monoisotopic (exact) mass is 367 g/mol. The summed E-state index contributed by atoms with van der Waals surface area (Å²) in [6.45, 7) is 3.52. The van der Waals surface area contributed by atoms with Gasteiger partial charge in [-0.05, 0) is 18.2 Å². The largest absolute Gasteiger partial charge is 0.369 e. The molecular weight excluding hydrogens is 345 g/mol. The van der Waals surface area contributed by atoms with E-state index in [0.717, 1.165) is 26.2 Å². The molecule has 2 saturated heterocycles. The van der Waals surface area contributed by atoms with Gasteiger partial charge in [0.15, 0.2) is 0 Å². The first-order chi connectivity index (χ1) is 13.1. The van der Waals surface area contributed by atoms with Crippen LogP contribution in [0.1, 0.15) is 17.9 Å². The molecule has 6 heteroatoms. The third-order valence-corrected chi connectivity index (χ3v) is 5.36. The van der Waals surface area contributed by atoms with Gasteiger partial charge < -0.3 is 4.90 Å². The highest BCUT2D eigenvalue weighted by Gasteiger charge is 2.41. The van der Waals surface area contributed by atoms with Crippen molar-refractivity contribution in [2.45, 2.75) is 12.3 Å². The normalized spacial score (nSPS) is 21.1. The number of halogens is 1. The Bertz CT molecular complexity index is 834. The van der Waals surface area contributed by atoms with E-state index in [1.807, 2.05) is 18.2 Å². The number of amides is 2. The summed E-state index contributed by atoms with van der Waals surface area (Å²) in [6.07, 6.45) is 0.0454. The Morgan fingerprint density at radius 1 is 0.889 bits per heavy atom. The van der Waals surface area contributed by atoms with Crippen LogP contribution in [-0.2, 0) is 9.59 Å². The molecule has 140 valence electrons. The van der Waals surface area contributed by atoms with E-state index >= 15 is 0 Å². The van der Waals surface area contributed by atoms with Crippen molar-refractivity contribution in [1.29, 1.82) is 0 Å². The molecular formula is C21H22FN3O2. The number of piperazine rings is 1. The van der Waals surface area contributed by atoms with Crippen molar-refractivity contribution in [3.05, 3.63) is 66.0 Å². The molecule has 5 nitrogen and oxygen atoms in total. The fourth-order valence-electron chi connectivity index (χ4n) is 3.82. The van der Waals surface area contributed by atoms with Gasteiger partial charge in [-0.3, -0.25) is 19.4 Å². The number of imide groups is 1. The molecule has 0 radical (unpaired) electrons. The van der Waals surface area contributed by atoms with Crippen molar-refractivity contribution >= 4 is 17.5 Å². The molecule has 0 spiro atoms. The summed E-state index contributed by atoms with van der Waals surface area (Å²) < 4.78 is 14.0. The van der Waals surface area contributed by atoms with Gasteiger partial charge in [0.25, 0.3) is 0 Å². The molecule has 2 aliphatic rings. The van der Waals surface area contributed by atoms with E-state index in [9.17, 15) is 14.0 Å². The smallest absolute Gasteiger partial charge is 0.238 e. The maximum Gasteiger partial charge on any atom is 0.238 e. The molecule has 0 bridgehead atoms. The lowest BCUT2D eigenvalue weighted by Crippen LogP contribution is -2.51. The van der Waals surface area contributed by atoms with E-state index in [0.29, 0.717) is 5.56 Å². The van der Waals surface area contributed by atoms with E-state index in [4.69, 9.17) is 0 Å². The molecule has 0 aromatic heterocycles. The van der Waals surface area contributed by atoms with Gasteiger partial charge in [-0.2, -0.15) is 0 Å². The quantitative estimate of drug-likeness (QED) is 0.779. The summed E-state index contributed by atoms with van der Waals surface area (Å²) in [5, 5.41) is 0. The number of hydrogen-bond donors (Lipinski definition) is 0. The number of hydrogen-bond acceptors (Lipinski definition) is 4. The van der Waals surface area contributed by atoms with Crippen LogP contribution in [0.2, 0.25) is 0 Å². The van der Waals surface area contributed by atoms with E-state index < -0.39 is 11.7 Å². The van der Waals surface area contributed by atoms with Gasteiger partial charge in [0.05, 0.1) is 12.6 Å². The highest BCUT2D eigenvalue weighted by atomic mass is 19.1. The second kappa shape index (κ2) is 7.48. The summed E-state index contributed by atoms with van der Waals surface area (Å²) in [5.74, 6) is -1.65. The fraction of sp³-hybridized carbons (Fsp3) is 0.333. The zero-order valence-electron chi connectivity index (χ0n) is 15.1. The van der Waals surface area contributed by atoms with Gasteiger partial charge in [0.2, 0.25) is 11.8 Å². The van der Waals surface area contributed by atoms with Crippen LogP contribution in [0.5, 0.6) is 0 Å². The number of anilines is 1. The second-order valence-electron chi connectivity index (χ2n) is 7.02. The molecule has 2 aliphatic heterocycles. The van der Waals surface area contributed by atoms with Crippen molar-refractivity contribution in [1.82, 2.24) is 9.80 Å². The molecule has 1 atom stereocenters. The minimum atomic E-state index is -0.704. The number of carbonyl (C=O) groups is 2. The molecule has 2 fully saturated rings. The van der Waals surface area contributed by atoms with E-state index in [-0.39, 0.29) is 24.9 Å². The first kappa shape index (κ1) is 17.7. The molecule has 2 aromatic carbocycles. The van der Waals surface area contributed by atoms with E-state index in [1.165, 1.54) is 16.7 Å². The summed E-state index contributed by atoms with van der Waals surface area (Å²) >= 11 is 0. The molecule has 2 heterocycles. The van der Waals surface area contributed by atoms with Crippen molar-refractivity contribution in [2.75, 3.05) is 37.7 Å². The number of benzene rings is 2. The van der Waals surface area contributed by atoms with Gasteiger partial charge in [0, 0.05) is 43.9 Å². The van der Waals surface area contributed by atoms with Crippen LogP contribution in [0.4, 0.5) is 10.1 Å². The highest BCUT2D eigenvalue weighted by Crippen LogP contribution is 2.31. The Kier molecular flexibility index (Phi) is 4.90. The van der Waals surface area contributed by atoms with Crippen LogP contribution in [0.25, 0.3) is 0 Å². The summed E-state index contributed by atoms with van der Waals surface area (Å²) in [5.41, 5.74) is 1.50. The zero-order valence-corrected chi connectivity index (χ0v) is 15.1. The number of carbonyl (C=O) groups excluding carboxylic acids is 2. The number of likely N-dealkylation sites (tertiary alicyclic amines) is 1. The average Bonchev–Trinajstić information content (AvgIpc) is 2.98. The predicted octanol–water partition coefficient (Wildman–Crippen LogP) is 2.45. The van der Waals surface area contributed by atoms with E-state index in [2.05, 4.69) is 21.9 Å². The van der Waals surface area contributed by atoms with Crippen LogP contribution in [-0.4, -0.2) is 54.5 Å². The molecule has 2 amide bonds. The minimum absolute atomic E-state index is 0.0454. The molecule has 2 aromatic rings. The summed E-state index contributed by atoms with van der Waals surface area (Å²) in [6, 6.07) is 16.4. The van der Waals surface area contributed by atoms with Crippen molar-refractivity contribution in [3.8, 4) is 0 Å². The summed E-state index contributed by atoms with van der Waals surface area (Å²) in [7, 11) is 0. The van der Waals surface area contributed by atoms with Gasteiger partial charge in [-0.25, -0.2) is 4.39 Å². The molecule has 0 saturated carbocycles. The zero-order chi connectivity index (χ0) is 18.8. The van der Waals surface area contributed by atoms with Gasteiger partial charge >= 0.3 is 0 Å². The Morgan fingerprint density at radius 3 is 2.26 bits per heavy atom. The minimum Gasteiger partial charge on any atom is -0.369 e. The molecule has 27 heavy (non-hydrogen) atoms.